The standard InChI is InChI=1S/C35H48FN5O3/c1-23(2)38(6)33(42)29-18-28(36)7-8-30(29)41-22-27(32-24(3)19-37-20-31(32)41)17-25-9-13-39(14-10-25)21-26-11-15-40(16-12-26)34(43)35(4,5)44/h7-8,18-20,22-23,25-26,44H,9-17,21H2,1-6H3. The van der Waals surface area contributed by atoms with Gasteiger partial charge < -0.3 is 24.4 Å². The molecule has 0 atom stereocenters. The topological polar surface area (TPSA) is 81.9 Å². The Morgan fingerprint density at radius 2 is 1.73 bits per heavy atom. The van der Waals surface area contributed by atoms with Crippen molar-refractivity contribution >= 4 is 22.7 Å². The minimum atomic E-state index is -1.31. The van der Waals surface area contributed by atoms with E-state index in [1.807, 2.05) is 35.7 Å². The Labute approximate surface area is 260 Å². The number of rotatable bonds is 8. The number of nitrogens with zero attached hydrogens (tertiary/aromatic N) is 5. The van der Waals surface area contributed by atoms with Gasteiger partial charge in [0.25, 0.3) is 11.8 Å². The second-order valence-electron chi connectivity index (χ2n) is 13.8. The van der Waals surface area contributed by atoms with Crippen LogP contribution < -0.4 is 0 Å². The molecule has 5 rings (SSSR count). The zero-order valence-electron chi connectivity index (χ0n) is 27.1. The van der Waals surface area contributed by atoms with E-state index in [2.05, 4.69) is 23.0 Å². The van der Waals surface area contributed by atoms with Crippen LogP contribution in [0.3, 0.4) is 0 Å². The number of piperidine rings is 2. The van der Waals surface area contributed by atoms with Crippen LogP contribution in [0.2, 0.25) is 0 Å². The maximum Gasteiger partial charge on any atom is 0.256 e. The molecule has 0 bridgehead atoms. The molecule has 44 heavy (non-hydrogen) atoms. The number of carbonyl (C=O) groups excluding carboxylic acids is 2. The lowest BCUT2D eigenvalue weighted by atomic mass is 9.88. The highest BCUT2D eigenvalue weighted by molar-refractivity contribution is 5.99. The first-order chi connectivity index (χ1) is 20.8. The lowest BCUT2D eigenvalue weighted by Crippen LogP contribution is -2.49. The van der Waals surface area contributed by atoms with E-state index in [0.717, 1.165) is 81.3 Å². The number of benzene rings is 1. The first kappa shape index (κ1) is 32.1. The van der Waals surface area contributed by atoms with Crippen molar-refractivity contribution in [2.24, 2.45) is 11.8 Å². The Morgan fingerprint density at radius 3 is 2.36 bits per heavy atom. The molecule has 2 aromatic heterocycles. The van der Waals surface area contributed by atoms with E-state index >= 15 is 0 Å². The average molecular weight is 606 g/mol. The van der Waals surface area contributed by atoms with Gasteiger partial charge in [-0.05, 0) is 121 Å². The molecule has 0 aliphatic carbocycles. The van der Waals surface area contributed by atoms with E-state index in [1.165, 1.54) is 17.7 Å². The Hall–Kier alpha value is -3.30. The van der Waals surface area contributed by atoms with Gasteiger partial charge in [0.05, 0.1) is 23.0 Å². The molecule has 2 saturated heterocycles. The fourth-order valence-corrected chi connectivity index (χ4v) is 6.86. The van der Waals surface area contributed by atoms with Gasteiger partial charge in [-0.1, -0.05) is 0 Å². The molecule has 0 radical (unpaired) electrons. The summed E-state index contributed by atoms with van der Waals surface area (Å²) in [5, 5.41) is 11.2. The number of hydrogen-bond donors (Lipinski definition) is 1. The van der Waals surface area contributed by atoms with Crippen LogP contribution in [0.1, 0.15) is 74.9 Å². The molecule has 0 saturated carbocycles. The van der Waals surface area contributed by atoms with Gasteiger partial charge in [-0.15, -0.1) is 0 Å². The molecule has 0 unspecified atom stereocenters. The third-order valence-electron chi connectivity index (χ3n) is 9.68. The predicted molar refractivity (Wildman–Crippen MR) is 171 cm³/mol. The Kier molecular flexibility index (Phi) is 9.47. The van der Waals surface area contributed by atoms with Crippen molar-refractivity contribution in [2.75, 3.05) is 39.8 Å². The highest BCUT2D eigenvalue weighted by Crippen LogP contribution is 2.33. The van der Waals surface area contributed by atoms with Crippen LogP contribution in [-0.4, -0.2) is 92.6 Å². The lowest BCUT2D eigenvalue weighted by molar-refractivity contribution is -0.149. The summed E-state index contributed by atoms with van der Waals surface area (Å²) in [6.07, 6.45) is 11.0. The number of aryl methyl sites for hydroxylation is 1. The molecule has 2 aliphatic heterocycles. The van der Waals surface area contributed by atoms with Crippen molar-refractivity contribution in [1.29, 1.82) is 0 Å². The summed E-state index contributed by atoms with van der Waals surface area (Å²) in [5.41, 5.74) is 2.96. The SMILES string of the molecule is Cc1cncc2c1c(CC1CCN(CC3CCN(C(=O)C(C)(C)O)CC3)CC1)cn2-c1ccc(F)cc1C(=O)N(C)C(C)C. The number of aromatic nitrogens is 2. The highest BCUT2D eigenvalue weighted by atomic mass is 19.1. The third kappa shape index (κ3) is 6.84. The number of amides is 2. The van der Waals surface area contributed by atoms with Crippen LogP contribution in [0.4, 0.5) is 4.39 Å². The van der Waals surface area contributed by atoms with Crippen molar-refractivity contribution in [2.45, 2.75) is 78.4 Å². The van der Waals surface area contributed by atoms with Gasteiger partial charge in [-0.3, -0.25) is 14.6 Å². The smallest absolute Gasteiger partial charge is 0.256 e. The summed E-state index contributed by atoms with van der Waals surface area (Å²) in [6, 6.07) is 4.45. The second-order valence-corrected chi connectivity index (χ2v) is 13.8. The van der Waals surface area contributed by atoms with Crippen LogP contribution in [0.15, 0.2) is 36.8 Å². The summed E-state index contributed by atoms with van der Waals surface area (Å²) in [7, 11) is 1.75. The summed E-state index contributed by atoms with van der Waals surface area (Å²) in [6.45, 7) is 13.7. The van der Waals surface area contributed by atoms with E-state index in [1.54, 1.807) is 31.9 Å². The molecule has 2 aliphatic rings. The molecule has 0 spiro atoms. The monoisotopic (exact) mass is 605 g/mol. The van der Waals surface area contributed by atoms with Crippen LogP contribution >= 0.6 is 0 Å². The van der Waals surface area contributed by atoms with Gasteiger partial charge in [-0.25, -0.2) is 4.39 Å². The van der Waals surface area contributed by atoms with Crippen molar-refractivity contribution in [3.05, 3.63) is 59.3 Å². The minimum absolute atomic E-state index is 0.0129. The first-order valence-electron chi connectivity index (χ1n) is 16.1. The van der Waals surface area contributed by atoms with Crippen LogP contribution in [0.25, 0.3) is 16.6 Å². The number of hydrogen-bond acceptors (Lipinski definition) is 5. The molecular weight excluding hydrogens is 557 g/mol. The zero-order chi connectivity index (χ0) is 31.8. The van der Waals surface area contributed by atoms with Gasteiger partial charge in [-0.2, -0.15) is 0 Å². The van der Waals surface area contributed by atoms with Crippen molar-refractivity contribution in [3.8, 4) is 5.69 Å². The number of fused-ring (bicyclic) bond motifs is 1. The summed E-state index contributed by atoms with van der Waals surface area (Å²) in [4.78, 5) is 36.3. The molecule has 4 heterocycles. The van der Waals surface area contributed by atoms with E-state index in [0.29, 0.717) is 23.1 Å². The Bertz CT molecular complexity index is 1490. The molecule has 2 fully saturated rings. The third-order valence-corrected chi connectivity index (χ3v) is 9.68. The lowest BCUT2D eigenvalue weighted by Gasteiger charge is -2.39. The van der Waals surface area contributed by atoms with E-state index < -0.39 is 11.4 Å². The fraction of sp³-hybridized carbons (Fsp3) is 0.571. The molecule has 2 amide bonds. The average Bonchev–Trinajstić information content (AvgIpc) is 3.36. The zero-order valence-corrected chi connectivity index (χ0v) is 27.1. The second kappa shape index (κ2) is 13.0. The van der Waals surface area contributed by atoms with Gasteiger partial charge in [0.15, 0.2) is 0 Å². The molecule has 238 valence electrons. The molecular formula is C35H48FN5O3. The first-order valence-corrected chi connectivity index (χ1v) is 16.1. The van der Waals surface area contributed by atoms with Gasteiger partial charge >= 0.3 is 0 Å². The number of aliphatic hydroxyl groups is 1. The van der Waals surface area contributed by atoms with E-state index in [-0.39, 0.29) is 17.9 Å². The summed E-state index contributed by atoms with van der Waals surface area (Å²) < 4.78 is 16.5. The quantitative estimate of drug-likeness (QED) is 0.381. The van der Waals surface area contributed by atoms with Gasteiger partial charge in [0.2, 0.25) is 0 Å². The minimum Gasteiger partial charge on any atom is -0.381 e. The van der Waals surface area contributed by atoms with E-state index in [4.69, 9.17) is 0 Å². The molecule has 1 aromatic carbocycles. The molecule has 3 aromatic rings. The van der Waals surface area contributed by atoms with Gasteiger partial charge in [0.1, 0.15) is 11.4 Å². The molecule has 1 N–H and O–H groups in total. The fourth-order valence-electron chi connectivity index (χ4n) is 6.86. The number of halogens is 1. The molecule has 8 nitrogen and oxygen atoms in total. The Morgan fingerprint density at radius 1 is 1.07 bits per heavy atom. The van der Waals surface area contributed by atoms with Crippen molar-refractivity contribution in [1.82, 2.24) is 24.3 Å². The number of carbonyl (C=O) groups is 2. The van der Waals surface area contributed by atoms with Crippen LogP contribution in [-0.2, 0) is 11.2 Å². The number of pyridine rings is 1. The largest absolute Gasteiger partial charge is 0.381 e. The Balaban J connectivity index is 1.28. The normalized spacial score (nSPS) is 17.5. The number of likely N-dealkylation sites (tertiary alicyclic amines) is 2. The maximum atomic E-state index is 14.4. The van der Waals surface area contributed by atoms with Crippen molar-refractivity contribution in [3.63, 3.8) is 0 Å². The van der Waals surface area contributed by atoms with Crippen LogP contribution in [0.5, 0.6) is 0 Å². The van der Waals surface area contributed by atoms with Crippen LogP contribution in [0, 0.1) is 24.6 Å². The maximum absolute atomic E-state index is 14.4. The summed E-state index contributed by atoms with van der Waals surface area (Å²) in [5.74, 6) is 0.313. The highest BCUT2D eigenvalue weighted by Gasteiger charge is 2.33. The van der Waals surface area contributed by atoms with Crippen molar-refractivity contribution < 1.29 is 19.1 Å². The predicted octanol–water partition coefficient (Wildman–Crippen LogP) is 5.22. The van der Waals surface area contributed by atoms with Gasteiger partial charge in [0, 0.05) is 50.5 Å². The molecule has 9 heteroatoms. The summed E-state index contributed by atoms with van der Waals surface area (Å²) >= 11 is 0. The van der Waals surface area contributed by atoms with E-state index in [9.17, 15) is 19.1 Å².